The van der Waals surface area contributed by atoms with Gasteiger partial charge in [0.25, 0.3) is 0 Å². The van der Waals surface area contributed by atoms with Crippen LogP contribution in [0.5, 0.6) is 0 Å². The smallest absolute Gasteiger partial charge is 0.178 e. The summed E-state index contributed by atoms with van der Waals surface area (Å²) >= 11 is 0. The maximum Gasteiger partial charge on any atom is 0.178 e. The van der Waals surface area contributed by atoms with Crippen molar-refractivity contribution >= 4 is 6.08 Å². The molecule has 0 aliphatic heterocycles. The van der Waals surface area contributed by atoms with Gasteiger partial charge in [-0.05, 0) is 24.3 Å². The first-order valence-electron chi connectivity index (χ1n) is 7.19. The van der Waals surface area contributed by atoms with Gasteiger partial charge in [-0.1, -0.05) is 49.3 Å². The summed E-state index contributed by atoms with van der Waals surface area (Å²) in [6, 6.07) is 7.07. The number of aliphatic hydroxyl groups is 2. The van der Waals surface area contributed by atoms with Crippen molar-refractivity contribution in [1.82, 2.24) is 5.16 Å². The highest BCUT2D eigenvalue weighted by atomic mass is 16.5. The number of allylic oxidation sites excluding steroid dienone is 1. The fraction of sp³-hybridized carbons (Fsp3) is 0.353. The van der Waals surface area contributed by atoms with Crippen LogP contribution in [-0.4, -0.2) is 15.4 Å². The van der Waals surface area contributed by atoms with Crippen LogP contribution < -0.4 is 0 Å². The second-order valence-electron chi connectivity index (χ2n) is 5.84. The summed E-state index contributed by atoms with van der Waals surface area (Å²) in [5, 5.41) is 22.5. The molecule has 1 aromatic carbocycles. The second kappa shape index (κ2) is 5.47. The maximum atomic E-state index is 9.15. The average molecular weight is 285 g/mol. The molecule has 1 unspecified atom stereocenters. The summed E-state index contributed by atoms with van der Waals surface area (Å²) in [7, 11) is 0. The molecule has 110 valence electrons. The van der Waals surface area contributed by atoms with Crippen molar-refractivity contribution in [2.75, 3.05) is 0 Å². The van der Waals surface area contributed by atoms with Crippen LogP contribution in [0, 0.1) is 11.8 Å². The maximum absolute atomic E-state index is 9.15. The summed E-state index contributed by atoms with van der Waals surface area (Å²) in [5.41, 5.74) is 3.38. The quantitative estimate of drug-likeness (QED) is 0.850. The van der Waals surface area contributed by atoms with Gasteiger partial charge in [0.2, 0.25) is 0 Å². The fourth-order valence-electron chi connectivity index (χ4n) is 2.66. The molecule has 21 heavy (non-hydrogen) atoms. The van der Waals surface area contributed by atoms with Crippen molar-refractivity contribution in [3.63, 3.8) is 0 Å². The Balaban J connectivity index is 1.95. The van der Waals surface area contributed by atoms with Crippen LogP contribution in [0.25, 0.3) is 17.3 Å². The monoisotopic (exact) mass is 285 g/mol. The molecule has 3 rings (SSSR count). The zero-order valence-electron chi connectivity index (χ0n) is 12.2. The SMILES string of the molecule is CC(C)C1C=Cc2onc(-c3ccc(C(O)O)cc3)c2C1. The Bertz CT molecular complexity index is 653. The topological polar surface area (TPSA) is 66.5 Å². The molecule has 4 heteroatoms. The van der Waals surface area contributed by atoms with Crippen molar-refractivity contribution in [3.8, 4) is 11.3 Å². The van der Waals surface area contributed by atoms with Crippen molar-refractivity contribution in [1.29, 1.82) is 0 Å². The number of rotatable bonds is 3. The van der Waals surface area contributed by atoms with Gasteiger partial charge in [0.05, 0.1) is 0 Å². The highest BCUT2D eigenvalue weighted by molar-refractivity contribution is 5.68. The third kappa shape index (κ3) is 2.64. The van der Waals surface area contributed by atoms with Crippen molar-refractivity contribution in [2.24, 2.45) is 11.8 Å². The number of nitrogens with zero attached hydrogens (tertiary/aromatic N) is 1. The molecular weight excluding hydrogens is 266 g/mol. The molecule has 1 heterocycles. The van der Waals surface area contributed by atoms with E-state index in [9.17, 15) is 0 Å². The van der Waals surface area contributed by atoms with E-state index < -0.39 is 6.29 Å². The summed E-state index contributed by atoms with van der Waals surface area (Å²) in [5.74, 6) is 1.89. The number of aromatic nitrogens is 1. The van der Waals surface area contributed by atoms with Gasteiger partial charge in [0.15, 0.2) is 12.1 Å². The van der Waals surface area contributed by atoms with Gasteiger partial charge < -0.3 is 14.7 Å². The Hall–Kier alpha value is -1.91. The first kappa shape index (κ1) is 14.0. The fourth-order valence-corrected chi connectivity index (χ4v) is 2.66. The predicted octanol–water partition coefficient (Wildman–Crippen LogP) is 3.17. The number of hydrogen-bond acceptors (Lipinski definition) is 4. The number of aliphatic hydroxyl groups excluding tert-OH is 1. The Morgan fingerprint density at radius 2 is 1.90 bits per heavy atom. The largest absolute Gasteiger partial charge is 0.364 e. The van der Waals surface area contributed by atoms with E-state index in [0.717, 1.165) is 29.0 Å². The van der Waals surface area contributed by atoms with Gasteiger partial charge in [0, 0.05) is 16.7 Å². The highest BCUT2D eigenvalue weighted by Gasteiger charge is 2.24. The molecule has 1 aromatic heterocycles. The van der Waals surface area contributed by atoms with Crippen LogP contribution in [0.3, 0.4) is 0 Å². The molecule has 0 saturated carbocycles. The Kier molecular flexibility index (Phi) is 3.66. The molecule has 1 atom stereocenters. The Morgan fingerprint density at radius 3 is 2.52 bits per heavy atom. The van der Waals surface area contributed by atoms with E-state index in [0.29, 0.717) is 17.4 Å². The lowest BCUT2D eigenvalue weighted by Gasteiger charge is -2.19. The average Bonchev–Trinajstić information content (AvgIpc) is 2.90. The standard InChI is InChI=1S/C17H19NO3/c1-10(2)13-7-8-15-14(9-13)16(18-21-15)11-3-5-12(6-4-11)17(19)20/h3-8,10,13,17,19-20H,9H2,1-2H3. The number of benzene rings is 1. The van der Waals surface area contributed by atoms with E-state index in [1.165, 1.54) is 0 Å². The van der Waals surface area contributed by atoms with Crippen molar-refractivity contribution < 1.29 is 14.7 Å². The molecular formula is C17H19NO3. The molecule has 0 spiro atoms. The van der Waals surface area contributed by atoms with Gasteiger partial charge >= 0.3 is 0 Å². The van der Waals surface area contributed by atoms with Crippen LogP contribution in [0.2, 0.25) is 0 Å². The minimum atomic E-state index is -1.45. The lowest BCUT2D eigenvalue weighted by molar-refractivity contribution is -0.0424. The minimum Gasteiger partial charge on any atom is -0.364 e. The van der Waals surface area contributed by atoms with Crippen LogP contribution in [-0.2, 0) is 6.42 Å². The lowest BCUT2D eigenvalue weighted by Crippen LogP contribution is -2.12. The summed E-state index contributed by atoms with van der Waals surface area (Å²) < 4.78 is 5.41. The van der Waals surface area contributed by atoms with Gasteiger partial charge in [0.1, 0.15) is 5.69 Å². The first-order valence-corrected chi connectivity index (χ1v) is 7.19. The van der Waals surface area contributed by atoms with Crippen LogP contribution >= 0.6 is 0 Å². The summed E-state index contributed by atoms with van der Waals surface area (Å²) in [6.07, 6.45) is 3.67. The highest BCUT2D eigenvalue weighted by Crippen LogP contribution is 2.34. The van der Waals surface area contributed by atoms with E-state index in [1.54, 1.807) is 12.1 Å². The molecule has 1 aliphatic rings. The van der Waals surface area contributed by atoms with Gasteiger partial charge in [-0.2, -0.15) is 0 Å². The van der Waals surface area contributed by atoms with E-state index in [2.05, 4.69) is 25.1 Å². The molecule has 4 nitrogen and oxygen atoms in total. The van der Waals surface area contributed by atoms with E-state index >= 15 is 0 Å². The van der Waals surface area contributed by atoms with Crippen LogP contribution in [0.4, 0.5) is 0 Å². The normalized spacial score (nSPS) is 17.5. The molecule has 2 N–H and O–H groups in total. The second-order valence-corrected chi connectivity index (χ2v) is 5.84. The molecule has 0 radical (unpaired) electrons. The third-order valence-electron chi connectivity index (χ3n) is 4.09. The van der Waals surface area contributed by atoms with E-state index in [4.69, 9.17) is 14.7 Å². The number of fused-ring (bicyclic) bond motifs is 1. The van der Waals surface area contributed by atoms with Gasteiger partial charge in [-0.15, -0.1) is 0 Å². The third-order valence-corrected chi connectivity index (χ3v) is 4.09. The lowest BCUT2D eigenvalue weighted by atomic mass is 9.84. The Morgan fingerprint density at radius 1 is 1.19 bits per heavy atom. The minimum absolute atomic E-state index is 0.469. The molecule has 0 bridgehead atoms. The summed E-state index contributed by atoms with van der Waals surface area (Å²) in [4.78, 5) is 0. The predicted molar refractivity (Wildman–Crippen MR) is 80.2 cm³/mol. The van der Waals surface area contributed by atoms with Crippen molar-refractivity contribution in [3.05, 3.63) is 47.2 Å². The van der Waals surface area contributed by atoms with E-state index in [1.807, 2.05) is 18.2 Å². The Labute approximate surface area is 123 Å². The van der Waals surface area contributed by atoms with Gasteiger partial charge in [-0.3, -0.25) is 0 Å². The molecule has 0 saturated heterocycles. The van der Waals surface area contributed by atoms with Crippen LogP contribution in [0.15, 0.2) is 34.9 Å². The van der Waals surface area contributed by atoms with Crippen LogP contribution in [0.1, 0.15) is 37.0 Å². The van der Waals surface area contributed by atoms with Crippen molar-refractivity contribution in [2.45, 2.75) is 26.6 Å². The molecule has 0 amide bonds. The zero-order valence-corrected chi connectivity index (χ0v) is 12.2. The van der Waals surface area contributed by atoms with Gasteiger partial charge in [-0.25, -0.2) is 0 Å². The molecule has 1 aliphatic carbocycles. The first-order chi connectivity index (χ1) is 10.1. The summed E-state index contributed by atoms with van der Waals surface area (Å²) in [6.45, 7) is 4.43. The molecule has 0 fully saturated rings. The van der Waals surface area contributed by atoms with E-state index in [-0.39, 0.29) is 0 Å². The molecule has 2 aromatic rings. The zero-order chi connectivity index (χ0) is 15.0. The number of hydrogen-bond donors (Lipinski definition) is 2.